The summed E-state index contributed by atoms with van der Waals surface area (Å²) < 4.78 is 6.91. The molecule has 1 aromatic heterocycles. The molecule has 3 N–H and O–H groups in total. The molecule has 0 spiro atoms. The second-order valence-corrected chi connectivity index (χ2v) is 6.85. The number of carbonyl (C=O) groups excluding carboxylic acids is 3. The Morgan fingerprint density at radius 1 is 1.12 bits per heavy atom. The van der Waals surface area contributed by atoms with Crippen molar-refractivity contribution in [3.63, 3.8) is 0 Å². The van der Waals surface area contributed by atoms with Crippen molar-refractivity contribution in [1.82, 2.24) is 20.7 Å². The normalized spacial score (nSPS) is 11.1. The average Bonchev–Trinajstić information content (AvgIpc) is 2.88. The number of rotatable bonds is 4. The van der Waals surface area contributed by atoms with Crippen molar-refractivity contribution >= 4 is 28.8 Å². The molecule has 8 nitrogen and oxygen atoms in total. The summed E-state index contributed by atoms with van der Waals surface area (Å²) in [7, 11) is 1.85. The van der Waals surface area contributed by atoms with Crippen LogP contribution in [0.3, 0.4) is 0 Å². The quantitative estimate of drug-likeness (QED) is 0.724. The molecule has 0 saturated heterocycles. The minimum Gasteiger partial charge on any atom is -0.444 e. The zero-order valence-electron chi connectivity index (χ0n) is 15.4. The lowest BCUT2D eigenvalue weighted by molar-refractivity contribution is -0.121. The molecule has 0 radical (unpaired) electrons. The number of nitrogens with one attached hydrogen (secondary N) is 3. The Labute approximate surface area is 151 Å². The molecule has 0 unspecified atom stereocenters. The molecule has 0 atom stereocenters. The van der Waals surface area contributed by atoms with Crippen LogP contribution in [-0.4, -0.2) is 34.6 Å². The minimum atomic E-state index is -0.598. The standard InChI is InChI=1S/C18H24N4O4/c1-18(2,3)26-17(25)19-10-9-15(23)20-21-16(24)13-11-22(4)14-8-6-5-7-12(13)14/h5-8,11H,9-10H2,1-4H3,(H,19,25)(H,20,23)(H,21,24). The predicted molar refractivity (Wildman–Crippen MR) is 97.4 cm³/mol. The largest absolute Gasteiger partial charge is 0.444 e. The maximum absolute atomic E-state index is 12.3. The van der Waals surface area contributed by atoms with Gasteiger partial charge in [-0.15, -0.1) is 0 Å². The summed E-state index contributed by atoms with van der Waals surface area (Å²) in [5.41, 5.74) is 5.51. The molecular weight excluding hydrogens is 336 g/mol. The van der Waals surface area contributed by atoms with E-state index in [2.05, 4.69) is 16.2 Å². The summed E-state index contributed by atoms with van der Waals surface area (Å²) >= 11 is 0. The maximum Gasteiger partial charge on any atom is 0.407 e. The molecule has 0 aliphatic heterocycles. The van der Waals surface area contributed by atoms with Gasteiger partial charge < -0.3 is 14.6 Å². The van der Waals surface area contributed by atoms with Gasteiger partial charge >= 0.3 is 6.09 Å². The summed E-state index contributed by atoms with van der Waals surface area (Å²) in [6, 6.07) is 7.49. The molecule has 0 aliphatic rings. The van der Waals surface area contributed by atoms with Crippen LogP contribution in [-0.2, 0) is 16.6 Å². The first-order chi connectivity index (χ1) is 12.2. The van der Waals surface area contributed by atoms with Crippen LogP contribution in [0.4, 0.5) is 4.79 Å². The number of nitrogens with zero attached hydrogens (tertiary/aromatic N) is 1. The van der Waals surface area contributed by atoms with Gasteiger partial charge in [0.15, 0.2) is 0 Å². The van der Waals surface area contributed by atoms with E-state index in [9.17, 15) is 14.4 Å². The van der Waals surface area contributed by atoms with Crippen molar-refractivity contribution < 1.29 is 19.1 Å². The number of para-hydroxylation sites is 1. The third-order valence-electron chi connectivity index (χ3n) is 3.48. The number of ether oxygens (including phenoxy) is 1. The van der Waals surface area contributed by atoms with E-state index in [1.807, 2.05) is 35.9 Å². The molecular formula is C18H24N4O4. The van der Waals surface area contributed by atoms with Crippen LogP contribution in [0.5, 0.6) is 0 Å². The highest BCUT2D eigenvalue weighted by Gasteiger charge is 2.16. The van der Waals surface area contributed by atoms with Crippen molar-refractivity contribution in [3.05, 3.63) is 36.0 Å². The van der Waals surface area contributed by atoms with E-state index in [1.165, 1.54) is 0 Å². The number of aryl methyl sites for hydroxylation is 1. The van der Waals surface area contributed by atoms with Gasteiger partial charge in [0.05, 0.1) is 5.56 Å². The number of aromatic nitrogens is 1. The Morgan fingerprint density at radius 2 is 1.81 bits per heavy atom. The number of fused-ring (bicyclic) bond motifs is 1. The number of amides is 3. The monoisotopic (exact) mass is 360 g/mol. The molecule has 0 saturated carbocycles. The molecule has 1 aromatic carbocycles. The minimum absolute atomic E-state index is 0.00899. The van der Waals surface area contributed by atoms with E-state index < -0.39 is 23.5 Å². The summed E-state index contributed by atoms with van der Waals surface area (Å²) in [4.78, 5) is 35.6. The number of hydrazine groups is 1. The van der Waals surface area contributed by atoms with Gasteiger partial charge in [0.2, 0.25) is 5.91 Å². The van der Waals surface area contributed by atoms with Gasteiger partial charge in [0.1, 0.15) is 5.60 Å². The fraction of sp³-hybridized carbons (Fsp3) is 0.389. The molecule has 8 heteroatoms. The first-order valence-corrected chi connectivity index (χ1v) is 8.27. The molecule has 0 aliphatic carbocycles. The zero-order valence-corrected chi connectivity index (χ0v) is 15.4. The van der Waals surface area contributed by atoms with E-state index in [0.717, 1.165) is 10.9 Å². The fourth-order valence-electron chi connectivity index (χ4n) is 2.37. The van der Waals surface area contributed by atoms with Gasteiger partial charge in [0.25, 0.3) is 5.91 Å². The first-order valence-electron chi connectivity index (χ1n) is 8.27. The number of alkyl carbamates (subject to hydrolysis) is 1. The van der Waals surface area contributed by atoms with E-state index >= 15 is 0 Å². The summed E-state index contributed by atoms with van der Waals surface area (Å²) in [6.07, 6.45) is 1.12. The molecule has 2 rings (SSSR count). The molecule has 140 valence electrons. The van der Waals surface area contributed by atoms with Crippen molar-refractivity contribution in [2.45, 2.75) is 32.8 Å². The number of hydrogen-bond acceptors (Lipinski definition) is 4. The highest BCUT2D eigenvalue weighted by molar-refractivity contribution is 6.07. The second-order valence-electron chi connectivity index (χ2n) is 6.85. The third-order valence-corrected chi connectivity index (χ3v) is 3.48. The lowest BCUT2D eigenvalue weighted by Crippen LogP contribution is -2.43. The summed E-state index contributed by atoms with van der Waals surface area (Å²) in [6.45, 7) is 5.36. The molecule has 26 heavy (non-hydrogen) atoms. The van der Waals surface area contributed by atoms with E-state index in [-0.39, 0.29) is 13.0 Å². The predicted octanol–water partition coefficient (Wildman–Crippen LogP) is 1.85. The first kappa shape index (κ1) is 19.3. The highest BCUT2D eigenvalue weighted by atomic mass is 16.6. The van der Waals surface area contributed by atoms with Gasteiger partial charge in [-0.3, -0.25) is 20.4 Å². The van der Waals surface area contributed by atoms with E-state index in [4.69, 9.17) is 4.74 Å². The second kappa shape index (κ2) is 7.90. The van der Waals surface area contributed by atoms with Crippen molar-refractivity contribution in [2.24, 2.45) is 7.05 Å². The van der Waals surface area contributed by atoms with E-state index in [0.29, 0.717) is 5.56 Å². The van der Waals surface area contributed by atoms with Crippen LogP contribution in [0.15, 0.2) is 30.5 Å². The van der Waals surface area contributed by atoms with Gasteiger partial charge in [-0.1, -0.05) is 18.2 Å². The Bertz CT molecular complexity index is 820. The molecule has 1 heterocycles. The molecule has 0 bridgehead atoms. The van der Waals surface area contributed by atoms with Gasteiger partial charge in [-0.2, -0.15) is 0 Å². The Hall–Kier alpha value is -3.03. The number of benzene rings is 1. The van der Waals surface area contributed by atoms with Crippen LogP contribution in [0, 0.1) is 0 Å². The Balaban J connectivity index is 1.80. The van der Waals surface area contributed by atoms with Crippen LogP contribution < -0.4 is 16.2 Å². The summed E-state index contributed by atoms with van der Waals surface area (Å²) in [5, 5.41) is 3.28. The Morgan fingerprint density at radius 3 is 2.50 bits per heavy atom. The van der Waals surface area contributed by atoms with Gasteiger partial charge in [-0.05, 0) is 26.8 Å². The number of carbonyl (C=O) groups is 3. The fourth-order valence-corrected chi connectivity index (χ4v) is 2.37. The Kier molecular flexibility index (Phi) is 5.86. The zero-order chi connectivity index (χ0) is 19.3. The average molecular weight is 360 g/mol. The van der Waals surface area contributed by atoms with Crippen LogP contribution >= 0.6 is 0 Å². The van der Waals surface area contributed by atoms with Crippen molar-refractivity contribution in [3.8, 4) is 0 Å². The summed E-state index contributed by atoms with van der Waals surface area (Å²) in [5.74, 6) is -0.829. The number of hydrogen-bond donors (Lipinski definition) is 3. The molecule has 3 amide bonds. The van der Waals surface area contributed by atoms with Gasteiger partial charge in [0, 0.05) is 37.1 Å². The van der Waals surface area contributed by atoms with Crippen LogP contribution in [0.25, 0.3) is 10.9 Å². The van der Waals surface area contributed by atoms with Crippen molar-refractivity contribution in [2.75, 3.05) is 6.54 Å². The van der Waals surface area contributed by atoms with Gasteiger partial charge in [-0.25, -0.2) is 4.79 Å². The van der Waals surface area contributed by atoms with E-state index in [1.54, 1.807) is 27.0 Å². The van der Waals surface area contributed by atoms with Crippen molar-refractivity contribution in [1.29, 1.82) is 0 Å². The SMILES string of the molecule is Cn1cc(C(=O)NNC(=O)CCNC(=O)OC(C)(C)C)c2ccccc21. The third kappa shape index (κ3) is 5.23. The smallest absolute Gasteiger partial charge is 0.407 e. The van der Waals surface area contributed by atoms with Crippen LogP contribution in [0.1, 0.15) is 37.6 Å². The maximum atomic E-state index is 12.3. The highest BCUT2D eigenvalue weighted by Crippen LogP contribution is 2.19. The topological polar surface area (TPSA) is 101 Å². The lowest BCUT2D eigenvalue weighted by Gasteiger charge is -2.19. The molecule has 2 aromatic rings. The molecule has 0 fully saturated rings. The lowest BCUT2D eigenvalue weighted by atomic mass is 10.2. The van der Waals surface area contributed by atoms with Crippen LogP contribution in [0.2, 0.25) is 0 Å².